The molecule has 0 aliphatic heterocycles. The molecule has 0 spiro atoms. The Hall–Kier alpha value is -7.48. The van der Waals surface area contributed by atoms with Crippen LogP contribution >= 0.6 is 11.3 Å². The number of thiazole rings is 1. The minimum atomic E-state index is 0.563. The fourth-order valence-electron chi connectivity index (χ4n) is 8.45. The summed E-state index contributed by atoms with van der Waals surface area (Å²) < 4.78 is 5.84. The lowest BCUT2D eigenvalue weighted by Crippen LogP contribution is -2.07. The van der Waals surface area contributed by atoms with Crippen molar-refractivity contribution < 1.29 is 0 Å². The second-order valence-corrected chi connectivity index (χ2v) is 15.3. The van der Waals surface area contributed by atoms with Crippen molar-refractivity contribution in [1.82, 2.24) is 29.1 Å². The molecule has 0 saturated heterocycles. The molecule has 4 heterocycles. The molecule has 266 valence electrons. The number of fused-ring (bicyclic) bond motifs is 9. The van der Waals surface area contributed by atoms with Gasteiger partial charge in [-0.15, -0.1) is 11.3 Å². The van der Waals surface area contributed by atoms with Gasteiger partial charge in [-0.2, -0.15) is 9.97 Å². The molecular formula is C50H30N6S. The Morgan fingerprint density at radius 3 is 1.77 bits per heavy atom. The Balaban J connectivity index is 1.17. The van der Waals surface area contributed by atoms with Gasteiger partial charge in [0.2, 0.25) is 5.95 Å². The van der Waals surface area contributed by atoms with Crippen LogP contribution in [0.1, 0.15) is 0 Å². The van der Waals surface area contributed by atoms with Crippen LogP contribution in [-0.4, -0.2) is 29.1 Å². The largest absolute Gasteiger partial charge is 0.307 e. The van der Waals surface area contributed by atoms with E-state index >= 15 is 0 Å². The van der Waals surface area contributed by atoms with Crippen LogP contribution in [0.15, 0.2) is 182 Å². The molecule has 7 heteroatoms. The summed E-state index contributed by atoms with van der Waals surface area (Å²) in [7, 11) is 0. The smallest absolute Gasteiger partial charge is 0.238 e. The third-order valence-corrected chi connectivity index (χ3v) is 12.1. The molecule has 0 amide bonds. The summed E-state index contributed by atoms with van der Waals surface area (Å²) >= 11 is 1.72. The van der Waals surface area contributed by atoms with Crippen molar-refractivity contribution >= 4 is 75.9 Å². The molecule has 8 aromatic carbocycles. The Labute approximate surface area is 330 Å². The highest BCUT2D eigenvalue weighted by Crippen LogP contribution is 2.42. The van der Waals surface area contributed by atoms with E-state index in [1.165, 1.54) is 10.1 Å². The van der Waals surface area contributed by atoms with Crippen LogP contribution in [0.2, 0.25) is 0 Å². The first kappa shape index (κ1) is 31.8. The molecular weight excluding hydrogens is 717 g/mol. The van der Waals surface area contributed by atoms with Gasteiger partial charge in [0.05, 0.1) is 32.3 Å². The quantitative estimate of drug-likeness (QED) is 0.176. The Morgan fingerprint density at radius 2 is 1.00 bits per heavy atom. The fourth-order valence-corrected chi connectivity index (χ4v) is 9.42. The second kappa shape index (κ2) is 12.5. The molecule has 57 heavy (non-hydrogen) atoms. The summed E-state index contributed by atoms with van der Waals surface area (Å²) in [5.41, 5.74) is 9.35. The van der Waals surface area contributed by atoms with E-state index in [1.807, 2.05) is 24.3 Å². The van der Waals surface area contributed by atoms with Gasteiger partial charge in [-0.05, 0) is 59.3 Å². The first-order valence-electron chi connectivity index (χ1n) is 19.0. The lowest BCUT2D eigenvalue weighted by molar-refractivity contribution is 0.954. The van der Waals surface area contributed by atoms with Crippen LogP contribution in [0, 0.1) is 0 Å². The Morgan fingerprint density at radius 1 is 0.386 bits per heavy atom. The zero-order chi connectivity index (χ0) is 37.5. The second-order valence-electron chi connectivity index (χ2n) is 14.3. The molecule has 12 rings (SSSR count). The van der Waals surface area contributed by atoms with Crippen molar-refractivity contribution in [2.24, 2.45) is 0 Å². The number of para-hydroxylation sites is 3. The third kappa shape index (κ3) is 4.96. The topological polar surface area (TPSA) is 61.4 Å². The minimum absolute atomic E-state index is 0.563. The van der Waals surface area contributed by atoms with Crippen LogP contribution in [0.5, 0.6) is 0 Å². The molecule has 0 atom stereocenters. The molecule has 0 saturated carbocycles. The number of rotatable bonds is 5. The van der Waals surface area contributed by atoms with Gasteiger partial charge in [-0.25, -0.2) is 9.97 Å². The maximum absolute atomic E-state index is 5.37. The van der Waals surface area contributed by atoms with E-state index < -0.39 is 0 Å². The van der Waals surface area contributed by atoms with Gasteiger partial charge in [0.25, 0.3) is 0 Å². The minimum Gasteiger partial charge on any atom is -0.307 e. The van der Waals surface area contributed by atoms with E-state index in [2.05, 4.69) is 167 Å². The van der Waals surface area contributed by atoms with Gasteiger partial charge in [-0.3, -0.25) is 4.57 Å². The lowest BCUT2D eigenvalue weighted by atomic mass is 10.0. The Kier molecular flexibility index (Phi) is 7.00. The molecule has 6 nitrogen and oxygen atoms in total. The molecule has 0 radical (unpaired) electrons. The maximum atomic E-state index is 5.37. The highest BCUT2D eigenvalue weighted by molar-refractivity contribution is 7.21. The van der Waals surface area contributed by atoms with E-state index in [0.717, 1.165) is 81.9 Å². The summed E-state index contributed by atoms with van der Waals surface area (Å²) in [5, 5.41) is 7.83. The van der Waals surface area contributed by atoms with E-state index in [-0.39, 0.29) is 0 Å². The SMILES string of the molecule is c1ccc(-c2nc(-c3cccc4ccccc34)nc(-n3c4ccccc4c4ccc5c6ccccc6n(-c6ccc(-c7nc8ccccc8s7)cc6)c5c43)n2)cc1. The highest BCUT2D eigenvalue weighted by atomic mass is 32.1. The standard InChI is InChI=1S/C50H30N6S/c1-2-14-32(15-3-1)47-52-48(40-20-12-16-31-13-4-5-17-35(31)40)54-50(53-47)56-43-23-10-7-19-37(43)39-30-29-38-36-18-6-9-22-42(36)55(45(38)46(39)56)34-27-25-33(26-28-34)49-51-41-21-8-11-24-44(41)57-49/h1-30H. The molecule has 4 aromatic heterocycles. The van der Waals surface area contributed by atoms with Crippen molar-refractivity contribution in [1.29, 1.82) is 0 Å². The van der Waals surface area contributed by atoms with E-state index in [1.54, 1.807) is 11.3 Å². The zero-order valence-corrected chi connectivity index (χ0v) is 31.2. The molecule has 0 bridgehead atoms. The number of nitrogens with zero attached hydrogens (tertiary/aromatic N) is 6. The summed E-state index contributed by atoms with van der Waals surface area (Å²) in [5.74, 6) is 1.81. The van der Waals surface area contributed by atoms with Crippen LogP contribution in [0.4, 0.5) is 0 Å². The van der Waals surface area contributed by atoms with E-state index in [0.29, 0.717) is 17.6 Å². The fraction of sp³-hybridized carbons (Fsp3) is 0. The molecule has 0 aliphatic carbocycles. The van der Waals surface area contributed by atoms with Crippen molar-refractivity contribution in [3.8, 4) is 45.0 Å². The van der Waals surface area contributed by atoms with Crippen molar-refractivity contribution in [2.45, 2.75) is 0 Å². The van der Waals surface area contributed by atoms with Gasteiger partial charge >= 0.3 is 0 Å². The number of hydrogen-bond donors (Lipinski definition) is 0. The molecule has 0 aliphatic rings. The zero-order valence-electron chi connectivity index (χ0n) is 30.4. The molecule has 0 unspecified atom stereocenters. The summed E-state index contributed by atoms with van der Waals surface area (Å²) in [6.07, 6.45) is 0. The predicted molar refractivity (Wildman–Crippen MR) is 235 cm³/mol. The van der Waals surface area contributed by atoms with Crippen LogP contribution < -0.4 is 0 Å². The molecule has 0 fully saturated rings. The first-order valence-corrected chi connectivity index (χ1v) is 19.8. The monoisotopic (exact) mass is 746 g/mol. The molecule has 12 aromatic rings. The van der Waals surface area contributed by atoms with Gasteiger partial charge < -0.3 is 4.57 Å². The third-order valence-electron chi connectivity index (χ3n) is 11.0. The lowest BCUT2D eigenvalue weighted by Gasteiger charge is -2.14. The van der Waals surface area contributed by atoms with E-state index in [9.17, 15) is 0 Å². The van der Waals surface area contributed by atoms with Crippen molar-refractivity contribution in [3.63, 3.8) is 0 Å². The van der Waals surface area contributed by atoms with Gasteiger partial charge in [0.15, 0.2) is 11.6 Å². The van der Waals surface area contributed by atoms with Gasteiger partial charge in [0.1, 0.15) is 5.01 Å². The normalized spacial score (nSPS) is 11.9. The number of hydrogen-bond acceptors (Lipinski definition) is 5. The predicted octanol–water partition coefficient (Wildman–Crippen LogP) is 12.8. The van der Waals surface area contributed by atoms with Crippen LogP contribution in [0.3, 0.4) is 0 Å². The number of aromatic nitrogens is 6. The maximum Gasteiger partial charge on any atom is 0.238 e. The highest BCUT2D eigenvalue weighted by Gasteiger charge is 2.24. The van der Waals surface area contributed by atoms with Crippen molar-refractivity contribution in [2.75, 3.05) is 0 Å². The average molecular weight is 747 g/mol. The average Bonchev–Trinajstić information content (AvgIpc) is 3.97. The summed E-state index contributed by atoms with van der Waals surface area (Å²) in [6, 6.07) is 63.8. The molecule has 0 N–H and O–H groups in total. The van der Waals surface area contributed by atoms with Gasteiger partial charge in [0, 0.05) is 43.9 Å². The van der Waals surface area contributed by atoms with Gasteiger partial charge in [-0.1, -0.05) is 133 Å². The Bertz CT molecular complexity index is 3490. The van der Waals surface area contributed by atoms with Crippen LogP contribution in [0.25, 0.3) is 110 Å². The first-order chi connectivity index (χ1) is 28.3. The summed E-state index contributed by atoms with van der Waals surface area (Å²) in [6.45, 7) is 0. The summed E-state index contributed by atoms with van der Waals surface area (Å²) in [4.78, 5) is 20.8. The van der Waals surface area contributed by atoms with Crippen LogP contribution in [-0.2, 0) is 0 Å². The van der Waals surface area contributed by atoms with E-state index in [4.69, 9.17) is 19.9 Å². The van der Waals surface area contributed by atoms with Crippen molar-refractivity contribution in [3.05, 3.63) is 182 Å². The number of benzene rings is 8.